The van der Waals surface area contributed by atoms with Gasteiger partial charge in [0.05, 0.1) is 4.47 Å². The predicted octanol–water partition coefficient (Wildman–Crippen LogP) is 3.58. The first-order valence-electron chi connectivity index (χ1n) is 5.81. The number of halogens is 1. The molecular weight excluding hydrogens is 280 g/mol. The average Bonchev–Trinajstić information content (AvgIpc) is 3.14. The molecule has 0 atom stereocenters. The molecule has 0 bridgehead atoms. The van der Waals surface area contributed by atoms with Crippen LogP contribution in [0, 0.1) is 17.8 Å². The lowest BCUT2D eigenvalue weighted by atomic mass is 10.2. The monoisotopic (exact) mass is 294 g/mol. The molecule has 90 valence electrons. The van der Waals surface area contributed by atoms with Crippen LogP contribution in [-0.2, 0) is 4.74 Å². The van der Waals surface area contributed by atoms with Crippen molar-refractivity contribution in [3.63, 3.8) is 0 Å². The van der Waals surface area contributed by atoms with Crippen molar-refractivity contribution in [2.45, 2.75) is 19.8 Å². The molecule has 0 radical (unpaired) electrons. The number of hydrogen-bond donors (Lipinski definition) is 0. The molecular formula is C14H15BrO2. The van der Waals surface area contributed by atoms with Gasteiger partial charge in [-0.2, -0.15) is 0 Å². The largest absolute Gasteiger partial charge is 0.466 e. The highest BCUT2D eigenvalue weighted by molar-refractivity contribution is 9.10. The van der Waals surface area contributed by atoms with E-state index in [4.69, 9.17) is 9.47 Å². The molecule has 2 rings (SSSR count). The van der Waals surface area contributed by atoms with Gasteiger partial charge in [-0.15, -0.1) is 0 Å². The van der Waals surface area contributed by atoms with E-state index < -0.39 is 0 Å². The maximum absolute atomic E-state index is 5.50. The molecule has 1 aromatic rings. The highest BCUT2D eigenvalue weighted by Crippen LogP contribution is 2.28. The number of ether oxygens (including phenoxy) is 2. The molecule has 0 unspecified atom stereocenters. The van der Waals surface area contributed by atoms with Crippen molar-refractivity contribution in [1.29, 1.82) is 0 Å². The van der Waals surface area contributed by atoms with Crippen LogP contribution < -0.4 is 4.74 Å². The summed E-state index contributed by atoms with van der Waals surface area (Å²) in [5, 5.41) is 0. The Kier molecular flexibility index (Phi) is 4.47. The first kappa shape index (κ1) is 12.5. The summed E-state index contributed by atoms with van der Waals surface area (Å²) in [6.45, 7) is 2.86. The summed E-state index contributed by atoms with van der Waals surface area (Å²) in [7, 11) is 0. The molecule has 3 heteroatoms. The van der Waals surface area contributed by atoms with Gasteiger partial charge >= 0.3 is 0 Å². The number of benzene rings is 1. The molecule has 0 aromatic heterocycles. The maximum Gasteiger partial charge on any atom is 0.189 e. The van der Waals surface area contributed by atoms with Gasteiger partial charge < -0.3 is 9.47 Å². The second kappa shape index (κ2) is 6.09. The minimum absolute atomic E-state index is 0.272. The SMILES string of the molecule is CCOCOc1cc(C#CC2CC2)ccc1Br. The van der Waals surface area contributed by atoms with Crippen LogP contribution in [0.5, 0.6) is 5.75 Å². The van der Waals surface area contributed by atoms with E-state index in [0.717, 1.165) is 15.8 Å². The molecule has 1 aliphatic carbocycles. The zero-order chi connectivity index (χ0) is 12.1. The van der Waals surface area contributed by atoms with Gasteiger partial charge in [0.2, 0.25) is 0 Å². The molecule has 0 spiro atoms. The van der Waals surface area contributed by atoms with E-state index >= 15 is 0 Å². The first-order chi connectivity index (χ1) is 8.29. The van der Waals surface area contributed by atoms with Gasteiger partial charge in [0.25, 0.3) is 0 Å². The van der Waals surface area contributed by atoms with Crippen LogP contribution in [0.2, 0.25) is 0 Å². The van der Waals surface area contributed by atoms with E-state index in [9.17, 15) is 0 Å². The van der Waals surface area contributed by atoms with Crippen LogP contribution in [0.15, 0.2) is 22.7 Å². The summed E-state index contributed by atoms with van der Waals surface area (Å²) in [5.41, 5.74) is 0.992. The van der Waals surface area contributed by atoms with Gasteiger partial charge in [-0.05, 0) is 53.9 Å². The van der Waals surface area contributed by atoms with Crippen molar-refractivity contribution >= 4 is 15.9 Å². The lowest BCUT2D eigenvalue weighted by Gasteiger charge is -2.08. The third kappa shape index (κ3) is 4.07. The van der Waals surface area contributed by atoms with Crippen LogP contribution in [0.1, 0.15) is 25.3 Å². The molecule has 17 heavy (non-hydrogen) atoms. The van der Waals surface area contributed by atoms with Gasteiger partial charge in [0.1, 0.15) is 5.75 Å². The summed E-state index contributed by atoms with van der Waals surface area (Å²) < 4.78 is 11.6. The van der Waals surface area contributed by atoms with Gasteiger partial charge in [-0.3, -0.25) is 0 Å². The molecule has 0 heterocycles. The first-order valence-corrected chi connectivity index (χ1v) is 6.60. The third-order valence-corrected chi connectivity index (χ3v) is 3.09. The molecule has 1 aromatic carbocycles. The highest BCUT2D eigenvalue weighted by atomic mass is 79.9. The van der Waals surface area contributed by atoms with E-state index in [1.54, 1.807) is 0 Å². The Balaban J connectivity index is 2.03. The minimum Gasteiger partial charge on any atom is -0.466 e. The maximum atomic E-state index is 5.50. The topological polar surface area (TPSA) is 18.5 Å². The van der Waals surface area contributed by atoms with E-state index in [1.165, 1.54) is 12.8 Å². The van der Waals surface area contributed by atoms with Crippen LogP contribution in [0.3, 0.4) is 0 Å². The standard InChI is InChI=1S/C14H15BrO2/c1-2-16-10-17-14-9-12(7-8-13(14)15)6-5-11-3-4-11/h7-9,11H,2-4,10H2,1H3. The molecule has 0 N–H and O–H groups in total. The molecule has 1 fully saturated rings. The summed E-state index contributed by atoms with van der Waals surface area (Å²) in [6, 6.07) is 5.89. The third-order valence-electron chi connectivity index (χ3n) is 2.43. The van der Waals surface area contributed by atoms with Crippen molar-refractivity contribution in [2.75, 3.05) is 13.4 Å². The minimum atomic E-state index is 0.272. The fraction of sp³-hybridized carbons (Fsp3) is 0.429. The van der Waals surface area contributed by atoms with Gasteiger partial charge in [-0.25, -0.2) is 0 Å². The Hall–Kier alpha value is -0.980. The molecule has 1 saturated carbocycles. The second-order valence-electron chi connectivity index (χ2n) is 3.94. The van der Waals surface area contributed by atoms with Crippen LogP contribution >= 0.6 is 15.9 Å². The molecule has 0 saturated heterocycles. The lowest BCUT2D eigenvalue weighted by Crippen LogP contribution is -2.02. The van der Waals surface area contributed by atoms with Crippen LogP contribution in [-0.4, -0.2) is 13.4 Å². The fourth-order valence-electron chi connectivity index (χ4n) is 1.29. The van der Waals surface area contributed by atoms with Crippen molar-refractivity contribution in [3.8, 4) is 17.6 Å². The second-order valence-corrected chi connectivity index (χ2v) is 4.80. The van der Waals surface area contributed by atoms with Crippen molar-refractivity contribution in [3.05, 3.63) is 28.2 Å². The van der Waals surface area contributed by atoms with Gasteiger partial charge in [0, 0.05) is 18.1 Å². The van der Waals surface area contributed by atoms with Crippen molar-refractivity contribution < 1.29 is 9.47 Å². The van der Waals surface area contributed by atoms with E-state index in [1.807, 2.05) is 25.1 Å². The summed E-state index contributed by atoms with van der Waals surface area (Å²) in [4.78, 5) is 0. The average molecular weight is 295 g/mol. The van der Waals surface area contributed by atoms with Gasteiger partial charge in [0.15, 0.2) is 6.79 Å². The normalized spacial score (nSPS) is 14.0. The molecule has 2 nitrogen and oxygen atoms in total. The summed E-state index contributed by atoms with van der Waals surface area (Å²) >= 11 is 3.45. The van der Waals surface area contributed by atoms with E-state index in [-0.39, 0.29) is 6.79 Å². The number of hydrogen-bond acceptors (Lipinski definition) is 2. The fourth-order valence-corrected chi connectivity index (χ4v) is 1.65. The summed E-state index contributed by atoms with van der Waals surface area (Å²) in [6.07, 6.45) is 2.49. The zero-order valence-electron chi connectivity index (χ0n) is 9.83. The van der Waals surface area contributed by atoms with Crippen LogP contribution in [0.25, 0.3) is 0 Å². The Bertz CT molecular complexity index is 441. The Morgan fingerprint density at radius 3 is 2.94 bits per heavy atom. The number of rotatable bonds is 4. The molecule has 1 aliphatic rings. The zero-order valence-corrected chi connectivity index (χ0v) is 11.4. The Morgan fingerprint density at radius 2 is 2.24 bits per heavy atom. The van der Waals surface area contributed by atoms with Crippen molar-refractivity contribution in [1.82, 2.24) is 0 Å². The molecule has 0 amide bonds. The van der Waals surface area contributed by atoms with Gasteiger partial charge in [-0.1, -0.05) is 11.8 Å². The Labute approximate surface area is 110 Å². The smallest absolute Gasteiger partial charge is 0.189 e. The lowest BCUT2D eigenvalue weighted by molar-refractivity contribution is 0.0219. The predicted molar refractivity (Wildman–Crippen MR) is 70.9 cm³/mol. The van der Waals surface area contributed by atoms with Crippen molar-refractivity contribution in [2.24, 2.45) is 5.92 Å². The van der Waals surface area contributed by atoms with E-state index in [0.29, 0.717) is 12.5 Å². The quantitative estimate of drug-likeness (QED) is 0.480. The highest BCUT2D eigenvalue weighted by Gasteiger charge is 2.17. The van der Waals surface area contributed by atoms with Crippen LogP contribution in [0.4, 0.5) is 0 Å². The molecule has 0 aliphatic heterocycles. The Morgan fingerprint density at radius 1 is 1.41 bits per heavy atom. The summed E-state index contributed by atoms with van der Waals surface area (Å²) in [5.74, 6) is 7.80. The van der Waals surface area contributed by atoms with E-state index in [2.05, 4.69) is 27.8 Å².